The predicted molar refractivity (Wildman–Crippen MR) is 76.3 cm³/mol. The molecule has 2 aromatic carbocycles. The zero-order chi connectivity index (χ0) is 13.0. The molecule has 0 fully saturated rings. The monoisotopic (exact) mass is 241 g/mol. The van der Waals surface area contributed by atoms with Gasteiger partial charge in [-0.1, -0.05) is 24.3 Å². The third kappa shape index (κ3) is 3.04. The van der Waals surface area contributed by atoms with Gasteiger partial charge in [0.05, 0.1) is 0 Å². The quantitative estimate of drug-likeness (QED) is 0.810. The molecule has 0 spiro atoms. The number of hydrogen-bond donors (Lipinski definition) is 0. The summed E-state index contributed by atoms with van der Waals surface area (Å²) in [6.45, 7) is 2.72. The average Bonchev–Trinajstić information content (AvgIpc) is 2.38. The Hall–Kier alpha value is -1.96. The minimum Gasteiger partial charge on any atom is -0.489 e. The first-order valence-corrected chi connectivity index (χ1v) is 6.11. The van der Waals surface area contributed by atoms with Gasteiger partial charge in [-0.05, 0) is 42.3 Å². The van der Waals surface area contributed by atoms with Crippen molar-refractivity contribution < 1.29 is 4.74 Å². The van der Waals surface area contributed by atoms with Crippen molar-refractivity contribution in [1.82, 2.24) is 0 Å². The molecule has 0 aliphatic rings. The van der Waals surface area contributed by atoms with Crippen molar-refractivity contribution >= 4 is 5.69 Å². The average molecular weight is 241 g/mol. The van der Waals surface area contributed by atoms with E-state index < -0.39 is 0 Å². The molecule has 2 rings (SSSR count). The summed E-state index contributed by atoms with van der Waals surface area (Å²) in [5.41, 5.74) is 3.68. The van der Waals surface area contributed by atoms with Gasteiger partial charge in [-0.2, -0.15) is 0 Å². The highest BCUT2D eigenvalue weighted by Gasteiger charge is 2.00. The highest BCUT2D eigenvalue weighted by atomic mass is 16.5. The van der Waals surface area contributed by atoms with E-state index >= 15 is 0 Å². The van der Waals surface area contributed by atoms with Crippen LogP contribution in [0.15, 0.2) is 48.5 Å². The number of aryl methyl sites for hydroxylation is 1. The molecular formula is C16H19NO. The molecule has 0 amide bonds. The van der Waals surface area contributed by atoms with E-state index in [2.05, 4.69) is 36.1 Å². The molecule has 0 saturated carbocycles. The van der Waals surface area contributed by atoms with Gasteiger partial charge in [-0.15, -0.1) is 0 Å². The van der Waals surface area contributed by atoms with Crippen LogP contribution in [0.1, 0.15) is 11.1 Å². The summed E-state index contributed by atoms with van der Waals surface area (Å²) in [4.78, 5) is 2.07. The highest BCUT2D eigenvalue weighted by Crippen LogP contribution is 2.19. The number of hydrogen-bond acceptors (Lipinski definition) is 2. The topological polar surface area (TPSA) is 12.5 Å². The lowest BCUT2D eigenvalue weighted by molar-refractivity contribution is 0.305. The van der Waals surface area contributed by atoms with E-state index in [-0.39, 0.29) is 0 Å². The van der Waals surface area contributed by atoms with Crippen LogP contribution in [0.2, 0.25) is 0 Å². The molecule has 2 aromatic rings. The maximum Gasteiger partial charge on any atom is 0.119 e. The predicted octanol–water partition coefficient (Wildman–Crippen LogP) is 3.64. The minimum absolute atomic E-state index is 0.619. The van der Waals surface area contributed by atoms with Gasteiger partial charge < -0.3 is 9.64 Å². The summed E-state index contributed by atoms with van der Waals surface area (Å²) in [7, 11) is 4.06. The lowest BCUT2D eigenvalue weighted by atomic mass is 10.1. The summed E-state index contributed by atoms with van der Waals surface area (Å²) in [6, 6.07) is 16.4. The van der Waals surface area contributed by atoms with Gasteiger partial charge in [0.2, 0.25) is 0 Å². The van der Waals surface area contributed by atoms with E-state index in [4.69, 9.17) is 4.74 Å². The van der Waals surface area contributed by atoms with Crippen LogP contribution in [0.4, 0.5) is 5.69 Å². The van der Waals surface area contributed by atoms with E-state index in [1.165, 1.54) is 16.8 Å². The van der Waals surface area contributed by atoms with Gasteiger partial charge in [-0.3, -0.25) is 0 Å². The Labute approximate surface area is 109 Å². The Morgan fingerprint density at radius 2 is 1.61 bits per heavy atom. The zero-order valence-electron chi connectivity index (χ0n) is 11.2. The lowest BCUT2D eigenvalue weighted by Crippen LogP contribution is -2.08. The Bertz CT molecular complexity index is 503. The molecule has 2 heteroatoms. The standard InChI is InChI=1S/C16H19NO/c1-13-6-4-5-7-14(13)12-18-16-10-8-15(9-11-16)17(2)3/h4-11H,12H2,1-3H3. The van der Waals surface area contributed by atoms with E-state index in [0.717, 1.165) is 5.75 Å². The molecule has 0 heterocycles. The molecule has 18 heavy (non-hydrogen) atoms. The van der Waals surface area contributed by atoms with Crippen molar-refractivity contribution in [3.63, 3.8) is 0 Å². The molecule has 0 N–H and O–H groups in total. The highest BCUT2D eigenvalue weighted by molar-refractivity contribution is 5.47. The first-order valence-electron chi connectivity index (χ1n) is 6.11. The fourth-order valence-electron chi connectivity index (χ4n) is 1.77. The normalized spacial score (nSPS) is 10.2. The Morgan fingerprint density at radius 3 is 2.22 bits per heavy atom. The first kappa shape index (κ1) is 12.5. The smallest absolute Gasteiger partial charge is 0.119 e. The van der Waals surface area contributed by atoms with E-state index in [9.17, 15) is 0 Å². The van der Waals surface area contributed by atoms with Crippen molar-refractivity contribution in [2.75, 3.05) is 19.0 Å². The maximum absolute atomic E-state index is 5.79. The second-order valence-corrected chi connectivity index (χ2v) is 4.60. The number of anilines is 1. The van der Waals surface area contributed by atoms with Gasteiger partial charge >= 0.3 is 0 Å². The number of rotatable bonds is 4. The summed E-state index contributed by atoms with van der Waals surface area (Å²) < 4.78 is 5.79. The summed E-state index contributed by atoms with van der Waals surface area (Å²) in [5, 5.41) is 0. The summed E-state index contributed by atoms with van der Waals surface area (Å²) in [6.07, 6.45) is 0. The molecule has 0 bridgehead atoms. The van der Waals surface area contributed by atoms with Gasteiger partial charge in [-0.25, -0.2) is 0 Å². The van der Waals surface area contributed by atoms with E-state index in [1.54, 1.807) is 0 Å². The van der Waals surface area contributed by atoms with Crippen LogP contribution in [-0.4, -0.2) is 14.1 Å². The molecule has 0 aliphatic carbocycles. The minimum atomic E-state index is 0.619. The molecule has 0 saturated heterocycles. The van der Waals surface area contributed by atoms with Crippen LogP contribution in [-0.2, 0) is 6.61 Å². The Balaban J connectivity index is 2.00. The number of benzene rings is 2. The van der Waals surface area contributed by atoms with Crippen molar-refractivity contribution in [1.29, 1.82) is 0 Å². The summed E-state index contributed by atoms with van der Waals surface area (Å²) >= 11 is 0. The van der Waals surface area contributed by atoms with Gasteiger partial charge in [0.15, 0.2) is 0 Å². The molecule has 94 valence electrons. The second-order valence-electron chi connectivity index (χ2n) is 4.60. The van der Waals surface area contributed by atoms with Gasteiger partial charge in [0, 0.05) is 19.8 Å². The molecule has 0 atom stereocenters. The largest absolute Gasteiger partial charge is 0.489 e. The lowest BCUT2D eigenvalue weighted by Gasteiger charge is -2.13. The van der Waals surface area contributed by atoms with Crippen molar-refractivity contribution in [3.05, 3.63) is 59.7 Å². The van der Waals surface area contributed by atoms with E-state index in [0.29, 0.717) is 6.61 Å². The SMILES string of the molecule is Cc1ccccc1COc1ccc(N(C)C)cc1. The first-order chi connectivity index (χ1) is 8.66. The van der Waals surface area contributed by atoms with Crippen molar-refractivity contribution in [2.24, 2.45) is 0 Å². The fourth-order valence-corrected chi connectivity index (χ4v) is 1.77. The Kier molecular flexibility index (Phi) is 3.88. The van der Waals surface area contributed by atoms with Gasteiger partial charge in [0.1, 0.15) is 12.4 Å². The van der Waals surface area contributed by atoms with Crippen LogP contribution < -0.4 is 9.64 Å². The molecule has 0 unspecified atom stereocenters. The molecule has 0 aromatic heterocycles. The molecule has 2 nitrogen and oxygen atoms in total. The van der Waals surface area contributed by atoms with E-state index in [1.807, 2.05) is 38.4 Å². The van der Waals surface area contributed by atoms with Gasteiger partial charge in [0.25, 0.3) is 0 Å². The van der Waals surface area contributed by atoms with Crippen LogP contribution in [0.5, 0.6) is 5.75 Å². The molecular weight excluding hydrogens is 222 g/mol. The van der Waals surface area contributed by atoms with Crippen LogP contribution >= 0.6 is 0 Å². The van der Waals surface area contributed by atoms with Crippen LogP contribution in [0, 0.1) is 6.92 Å². The fraction of sp³-hybridized carbons (Fsp3) is 0.250. The number of nitrogens with zero attached hydrogens (tertiary/aromatic N) is 1. The second kappa shape index (κ2) is 5.58. The third-order valence-corrected chi connectivity index (χ3v) is 3.01. The van der Waals surface area contributed by atoms with Crippen molar-refractivity contribution in [3.8, 4) is 5.75 Å². The Morgan fingerprint density at radius 1 is 0.944 bits per heavy atom. The third-order valence-electron chi connectivity index (χ3n) is 3.01. The number of ether oxygens (including phenoxy) is 1. The van der Waals surface area contributed by atoms with Crippen LogP contribution in [0.3, 0.4) is 0 Å². The molecule has 0 radical (unpaired) electrons. The zero-order valence-corrected chi connectivity index (χ0v) is 11.2. The van der Waals surface area contributed by atoms with Crippen LogP contribution in [0.25, 0.3) is 0 Å². The maximum atomic E-state index is 5.79. The molecule has 0 aliphatic heterocycles. The summed E-state index contributed by atoms with van der Waals surface area (Å²) in [5.74, 6) is 0.906. The van der Waals surface area contributed by atoms with Crippen molar-refractivity contribution in [2.45, 2.75) is 13.5 Å².